The lowest BCUT2D eigenvalue weighted by Crippen LogP contribution is -2.41. The number of alkyl halides is 5. The third-order valence-electron chi connectivity index (χ3n) is 2.00. The second-order valence-electron chi connectivity index (χ2n) is 3.45. The molecule has 1 rings (SSSR count). The van der Waals surface area contributed by atoms with Crippen molar-refractivity contribution in [2.75, 3.05) is 26.2 Å². The summed E-state index contributed by atoms with van der Waals surface area (Å²) in [4.78, 5) is 12.6. The molecule has 16 heavy (non-hydrogen) atoms. The van der Waals surface area contributed by atoms with Gasteiger partial charge in [0.1, 0.15) is 0 Å². The molecule has 0 radical (unpaired) electrons. The summed E-state index contributed by atoms with van der Waals surface area (Å²) in [6, 6.07) is 0. The molecular formula is C8H10F5NO2. The summed E-state index contributed by atoms with van der Waals surface area (Å²) in [5, 5.41) is 0. The molecule has 1 aliphatic heterocycles. The van der Waals surface area contributed by atoms with Gasteiger partial charge in [0.15, 0.2) is 6.61 Å². The van der Waals surface area contributed by atoms with Crippen molar-refractivity contribution in [2.45, 2.75) is 18.5 Å². The van der Waals surface area contributed by atoms with Gasteiger partial charge in [-0.05, 0) is 0 Å². The van der Waals surface area contributed by atoms with Gasteiger partial charge in [-0.25, -0.2) is 0 Å². The van der Waals surface area contributed by atoms with Crippen molar-refractivity contribution in [1.82, 2.24) is 4.90 Å². The van der Waals surface area contributed by atoms with Crippen LogP contribution in [0.5, 0.6) is 0 Å². The first-order valence-electron chi connectivity index (χ1n) is 4.55. The maximum atomic E-state index is 12.3. The van der Waals surface area contributed by atoms with Gasteiger partial charge in [-0.3, -0.25) is 4.79 Å². The molecule has 0 unspecified atom stereocenters. The highest BCUT2D eigenvalue weighted by molar-refractivity contribution is 5.69. The van der Waals surface area contributed by atoms with Crippen LogP contribution in [0.4, 0.5) is 22.0 Å². The van der Waals surface area contributed by atoms with Gasteiger partial charge in [0.05, 0.1) is 6.42 Å². The van der Waals surface area contributed by atoms with Gasteiger partial charge < -0.3 is 9.64 Å². The quantitative estimate of drug-likeness (QED) is 0.418. The standard InChI is InChI=1S/C8H10F5NO2/c9-7(10,8(11,12)13)5-16-6(15)1-2-14-3-4-14/h1-5H2. The molecule has 0 aromatic rings. The number of carbonyl (C=O) groups is 1. The van der Waals surface area contributed by atoms with E-state index in [4.69, 9.17) is 0 Å². The van der Waals surface area contributed by atoms with Crippen LogP contribution in [-0.2, 0) is 9.53 Å². The Morgan fingerprint density at radius 1 is 1.19 bits per heavy atom. The second-order valence-corrected chi connectivity index (χ2v) is 3.45. The van der Waals surface area contributed by atoms with Crippen LogP contribution in [0, 0.1) is 0 Å². The molecule has 94 valence electrons. The highest BCUT2D eigenvalue weighted by atomic mass is 19.4. The number of rotatable bonds is 5. The number of carbonyl (C=O) groups excluding carboxylic acids is 1. The van der Waals surface area contributed by atoms with Crippen LogP contribution < -0.4 is 0 Å². The van der Waals surface area contributed by atoms with E-state index in [-0.39, 0.29) is 6.42 Å². The lowest BCUT2D eigenvalue weighted by atomic mass is 10.3. The Bertz CT molecular complexity index is 262. The summed E-state index contributed by atoms with van der Waals surface area (Å²) in [6.07, 6.45) is -5.86. The van der Waals surface area contributed by atoms with E-state index in [1.807, 2.05) is 4.90 Å². The molecule has 1 aliphatic rings. The van der Waals surface area contributed by atoms with Gasteiger partial charge in [-0.15, -0.1) is 0 Å². The highest BCUT2D eigenvalue weighted by Crippen LogP contribution is 2.35. The van der Waals surface area contributed by atoms with E-state index in [0.29, 0.717) is 6.54 Å². The van der Waals surface area contributed by atoms with Crippen molar-refractivity contribution in [1.29, 1.82) is 0 Å². The zero-order valence-corrected chi connectivity index (χ0v) is 8.19. The van der Waals surface area contributed by atoms with Crippen molar-refractivity contribution in [2.24, 2.45) is 0 Å². The van der Waals surface area contributed by atoms with E-state index in [2.05, 4.69) is 4.74 Å². The Labute approximate surface area is 88.2 Å². The van der Waals surface area contributed by atoms with Crippen LogP contribution in [0.25, 0.3) is 0 Å². The smallest absolute Gasteiger partial charge is 0.456 e. The molecule has 1 saturated heterocycles. The van der Waals surface area contributed by atoms with Gasteiger partial charge in [0.25, 0.3) is 0 Å². The van der Waals surface area contributed by atoms with Gasteiger partial charge in [0.2, 0.25) is 0 Å². The third kappa shape index (κ3) is 3.92. The molecule has 0 aliphatic carbocycles. The van der Waals surface area contributed by atoms with Crippen LogP contribution in [0.15, 0.2) is 0 Å². The predicted octanol–water partition coefficient (Wildman–Crippen LogP) is 1.43. The van der Waals surface area contributed by atoms with Crippen molar-refractivity contribution >= 4 is 5.97 Å². The largest absolute Gasteiger partial charge is 0.459 e. The maximum absolute atomic E-state index is 12.3. The molecule has 0 atom stereocenters. The minimum atomic E-state index is -5.69. The third-order valence-corrected chi connectivity index (χ3v) is 2.00. The van der Waals surface area contributed by atoms with E-state index >= 15 is 0 Å². The van der Waals surface area contributed by atoms with Crippen LogP contribution in [0.2, 0.25) is 0 Å². The molecule has 0 spiro atoms. The molecule has 3 nitrogen and oxygen atoms in total. The molecule has 0 N–H and O–H groups in total. The molecule has 0 saturated carbocycles. The molecular weight excluding hydrogens is 237 g/mol. The average molecular weight is 247 g/mol. The first-order chi connectivity index (χ1) is 7.22. The van der Waals surface area contributed by atoms with Crippen LogP contribution in [-0.4, -0.2) is 49.2 Å². The van der Waals surface area contributed by atoms with Crippen LogP contribution in [0.3, 0.4) is 0 Å². The maximum Gasteiger partial charge on any atom is 0.456 e. The topological polar surface area (TPSA) is 29.3 Å². The SMILES string of the molecule is O=C(CCN1CC1)OCC(F)(F)C(F)(F)F. The number of hydrogen-bond acceptors (Lipinski definition) is 3. The molecule has 8 heteroatoms. The molecule has 0 aromatic carbocycles. The Morgan fingerprint density at radius 2 is 1.75 bits per heavy atom. The lowest BCUT2D eigenvalue weighted by molar-refractivity contribution is -0.294. The highest BCUT2D eigenvalue weighted by Gasteiger charge is 2.58. The first-order valence-corrected chi connectivity index (χ1v) is 4.55. The molecule has 0 bridgehead atoms. The fourth-order valence-electron chi connectivity index (χ4n) is 0.869. The summed E-state index contributed by atoms with van der Waals surface area (Å²) < 4.78 is 63.4. The van der Waals surface area contributed by atoms with Gasteiger partial charge >= 0.3 is 18.1 Å². The number of nitrogens with zero attached hydrogens (tertiary/aromatic N) is 1. The predicted molar refractivity (Wildman–Crippen MR) is 43.0 cm³/mol. The Morgan fingerprint density at radius 3 is 2.19 bits per heavy atom. The zero-order chi connectivity index (χ0) is 12.4. The molecule has 0 aromatic heterocycles. The fourth-order valence-corrected chi connectivity index (χ4v) is 0.869. The van der Waals surface area contributed by atoms with Gasteiger partial charge in [0, 0.05) is 19.6 Å². The average Bonchev–Trinajstić information content (AvgIpc) is 2.93. The molecule has 0 amide bonds. The minimum Gasteiger partial charge on any atom is -0.459 e. The van der Waals surface area contributed by atoms with Crippen LogP contribution in [0.1, 0.15) is 6.42 Å². The zero-order valence-electron chi connectivity index (χ0n) is 8.19. The Balaban J connectivity index is 2.23. The van der Waals surface area contributed by atoms with Crippen molar-refractivity contribution in [3.05, 3.63) is 0 Å². The van der Waals surface area contributed by atoms with Crippen molar-refractivity contribution in [3.63, 3.8) is 0 Å². The number of hydrogen-bond donors (Lipinski definition) is 0. The van der Waals surface area contributed by atoms with Crippen LogP contribution >= 0.6 is 0 Å². The van der Waals surface area contributed by atoms with E-state index in [0.717, 1.165) is 13.1 Å². The van der Waals surface area contributed by atoms with E-state index < -0.39 is 24.7 Å². The second kappa shape index (κ2) is 4.52. The Hall–Kier alpha value is -0.920. The van der Waals surface area contributed by atoms with Crippen molar-refractivity contribution < 1.29 is 31.5 Å². The Kier molecular flexibility index (Phi) is 3.72. The monoisotopic (exact) mass is 247 g/mol. The van der Waals surface area contributed by atoms with Crippen molar-refractivity contribution in [3.8, 4) is 0 Å². The minimum absolute atomic E-state index is 0.173. The molecule has 1 fully saturated rings. The van der Waals surface area contributed by atoms with E-state index in [1.165, 1.54) is 0 Å². The van der Waals surface area contributed by atoms with Gasteiger partial charge in [-0.2, -0.15) is 22.0 Å². The molecule has 1 heterocycles. The first kappa shape index (κ1) is 13.1. The normalized spacial score (nSPS) is 17.3. The summed E-state index contributed by atoms with van der Waals surface area (Å²) in [6.45, 7) is 0.00371. The fraction of sp³-hybridized carbons (Fsp3) is 0.875. The van der Waals surface area contributed by atoms with E-state index in [1.54, 1.807) is 0 Å². The number of esters is 1. The van der Waals surface area contributed by atoms with Gasteiger partial charge in [-0.1, -0.05) is 0 Å². The number of ether oxygens (including phenoxy) is 1. The number of halogens is 5. The summed E-state index contributed by atoms with van der Waals surface area (Å²) >= 11 is 0. The lowest BCUT2D eigenvalue weighted by Gasteiger charge is -2.19. The van der Waals surface area contributed by atoms with E-state index in [9.17, 15) is 26.7 Å². The summed E-state index contributed by atoms with van der Waals surface area (Å²) in [5.74, 6) is -6.03. The summed E-state index contributed by atoms with van der Waals surface area (Å²) in [5.41, 5.74) is 0. The summed E-state index contributed by atoms with van der Waals surface area (Å²) in [7, 11) is 0.